The number of carbonyl (C=O) groups is 1. The quantitative estimate of drug-likeness (QED) is 0.851. The van der Waals surface area contributed by atoms with Gasteiger partial charge in [-0.15, -0.1) is 0 Å². The van der Waals surface area contributed by atoms with Crippen LogP contribution in [0.15, 0.2) is 30.3 Å². The summed E-state index contributed by atoms with van der Waals surface area (Å²) < 4.78 is 4.95. The van der Waals surface area contributed by atoms with Crippen LogP contribution in [0.3, 0.4) is 0 Å². The Kier molecular flexibility index (Phi) is 4.78. The van der Waals surface area contributed by atoms with Crippen LogP contribution in [0.2, 0.25) is 0 Å². The summed E-state index contributed by atoms with van der Waals surface area (Å²) in [5, 5.41) is 0. The summed E-state index contributed by atoms with van der Waals surface area (Å²) in [5.74, 6) is 0.281. The van der Waals surface area contributed by atoms with Crippen molar-refractivity contribution in [2.24, 2.45) is 11.7 Å². The average Bonchev–Trinajstić information content (AvgIpc) is 2.47. The van der Waals surface area contributed by atoms with Crippen LogP contribution in [-0.2, 0) is 15.1 Å². The zero-order valence-corrected chi connectivity index (χ0v) is 12.3. The van der Waals surface area contributed by atoms with Crippen molar-refractivity contribution in [2.45, 2.75) is 25.3 Å². The highest BCUT2D eigenvalue weighted by Crippen LogP contribution is 2.24. The van der Waals surface area contributed by atoms with Gasteiger partial charge in [0.25, 0.3) is 0 Å². The maximum atomic E-state index is 12.2. The maximum absolute atomic E-state index is 12.2. The first-order chi connectivity index (χ1) is 9.56. The molecule has 4 heteroatoms. The summed E-state index contributed by atoms with van der Waals surface area (Å²) in [6.07, 6.45) is 2.41. The van der Waals surface area contributed by atoms with Crippen LogP contribution in [0.25, 0.3) is 0 Å². The fourth-order valence-corrected chi connectivity index (χ4v) is 2.97. The summed E-state index contributed by atoms with van der Waals surface area (Å²) >= 11 is 0. The number of nitrogens with two attached hydrogens (primary N) is 1. The number of nitrogens with zero attached hydrogens (tertiary/aromatic N) is 1. The molecule has 1 aromatic carbocycles. The van der Waals surface area contributed by atoms with Crippen molar-refractivity contribution in [1.82, 2.24) is 4.90 Å². The number of methoxy groups -OCH3 is 1. The summed E-state index contributed by atoms with van der Waals surface area (Å²) in [4.78, 5) is 14.5. The second-order valence-electron chi connectivity index (χ2n) is 5.81. The predicted octanol–water partition coefficient (Wildman–Crippen LogP) is 1.75. The number of hydrogen-bond donors (Lipinski definition) is 1. The Balaban J connectivity index is 2.21. The minimum absolute atomic E-state index is 0.373. The van der Waals surface area contributed by atoms with Gasteiger partial charge < -0.3 is 15.4 Å². The third-order valence-corrected chi connectivity index (χ3v) is 4.05. The van der Waals surface area contributed by atoms with E-state index in [1.807, 2.05) is 30.3 Å². The van der Waals surface area contributed by atoms with E-state index in [-0.39, 0.29) is 5.97 Å². The molecule has 0 bridgehead atoms. The lowest BCUT2D eigenvalue weighted by Gasteiger charge is -2.37. The van der Waals surface area contributed by atoms with E-state index in [0.717, 1.165) is 25.1 Å². The second kappa shape index (κ2) is 6.37. The van der Waals surface area contributed by atoms with Crippen molar-refractivity contribution in [3.05, 3.63) is 35.9 Å². The molecule has 1 aliphatic heterocycles. The highest BCUT2D eigenvalue weighted by molar-refractivity contribution is 5.82. The van der Waals surface area contributed by atoms with Crippen molar-refractivity contribution >= 4 is 5.97 Å². The molecule has 1 fully saturated rings. The first kappa shape index (κ1) is 15.0. The van der Waals surface area contributed by atoms with Crippen LogP contribution >= 0.6 is 0 Å². The fraction of sp³-hybridized carbons (Fsp3) is 0.562. The Bertz CT molecular complexity index is 449. The number of ether oxygens (including phenoxy) is 1. The molecule has 20 heavy (non-hydrogen) atoms. The second-order valence-corrected chi connectivity index (χ2v) is 5.81. The van der Waals surface area contributed by atoms with E-state index in [0.29, 0.717) is 12.5 Å². The minimum Gasteiger partial charge on any atom is -0.467 e. The molecule has 110 valence electrons. The van der Waals surface area contributed by atoms with E-state index < -0.39 is 5.54 Å². The van der Waals surface area contributed by atoms with Crippen molar-refractivity contribution in [3.63, 3.8) is 0 Å². The average molecular weight is 276 g/mol. The van der Waals surface area contributed by atoms with Crippen LogP contribution in [0.5, 0.6) is 0 Å². The van der Waals surface area contributed by atoms with E-state index in [2.05, 4.69) is 11.8 Å². The molecule has 4 nitrogen and oxygen atoms in total. The van der Waals surface area contributed by atoms with Gasteiger partial charge in [0.2, 0.25) is 0 Å². The summed E-state index contributed by atoms with van der Waals surface area (Å²) in [7, 11) is 1.39. The Morgan fingerprint density at radius 3 is 2.75 bits per heavy atom. The van der Waals surface area contributed by atoms with Gasteiger partial charge in [-0.1, -0.05) is 37.3 Å². The lowest BCUT2D eigenvalue weighted by atomic mass is 9.89. The SMILES string of the molecule is COC(=O)C(N)(CN1CCCC(C)C1)c1ccccc1. The van der Waals surface area contributed by atoms with Crippen molar-refractivity contribution in [3.8, 4) is 0 Å². The number of carbonyl (C=O) groups excluding carboxylic acids is 1. The molecule has 0 amide bonds. The molecule has 1 heterocycles. The van der Waals surface area contributed by atoms with E-state index >= 15 is 0 Å². The third kappa shape index (κ3) is 3.19. The topological polar surface area (TPSA) is 55.6 Å². The van der Waals surface area contributed by atoms with Gasteiger partial charge in [-0.05, 0) is 30.9 Å². The number of esters is 1. The Labute approximate surface area is 120 Å². The number of piperidine rings is 1. The van der Waals surface area contributed by atoms with Gasteiger partial charge in [0.15, 0.2) is 5.54 Å². The van der Waals surface area contributed by atoms with Crippen molar-refractivity contribution < 1.29 is 9.53 Å². The molecule has 0 aromatic heterocycles. The number of rotatable bonds is 4. The third-order valence-electron chi connectivity index (χ3n) is 4.05. The smallest absolute Gasteiger partial charge is 0.331 e. The van der Waals surface area contributed by atoms with Gasteiger partial charge in [-0.2, -0.15) is 0 Å². The van der Waals surface area contributed by atoms with Gasteiger partial charge >= 0.3 is 5.97 Å². The zero-order chi connectivity index (χ0) is 14.6. The molecule has 0 aliphatic carbocycles. The first-order valence-electron chi connectivity index (χ1n) is 7.21. The molecule has 1 aromatic rings. The molecule has 1 saturated heterocycles. The standard InChI is InChI=1S/C16H24N2O2/c1-13-7-6-10-18(11-13)12-16(17,15(19)20-2)14-8-4-3-5-9-14/h3-5,8-9,13H,6-7,10-12,17H2,1-2H3. The lowest BCUT2D eigenvalue weighted by molar-refractivity contribution is -0.148. The molecule has 2 N–H and O–H groups in total. The first-order valence-corrected chi connectivity index (χ1v) is 7.21. The van der Waals surface area contributed by atoms with Gasteiger partial charge in [-0.25, -0.2) is 4.79 Å². The zero-order valence-electron chi connectivity index (χ0n) is 12.3. The van der Waals surface area contributed by atoms with E-state index in [1.54, 1.807) is 0 Å². The molecule has 0 saturated carbocycles. The van der Waals surface area contributed by atoms with E-state index in [9.17, 15) is 4.79 Å². The van der Waals surface area contributed by atoms with Crippen LogP contribution in [0.1, 0.15) is 25.3 Å². The summed E-state index contributed by atoms with van der Waals surface area (Å²) in [6, 6.07) is 9.51. The molecule has 1 aliphatic rings. The maximum Gasteiger partial charge on any atom is 0.331 e. The molecule has 0 radical (unpaired) electrons. The number of benzene rings is 1. The summed E-state index contributed by atoms with van der Waals surface area (Å²) in [6.45, 7) is 4.73. The Morgan fingerprint density at radius 2 is 2.15 bits per heavy atom. The molecule has 2 unspecified atom stereocenters. The summed E-state index contributed by atoms with van der Waals surface area (Å²) in [5.41, 5.74) is 6.15. The van der Waals surface area contributed by atoms with Gasteiger partial charge in [0, 0.05) is 13.1 Å². The molecule has 2 rings (SSSR count). The van der Waals surface area contributed by atoms with Crippen LogP contribution in [0.4, 0.5) is 0 Å². The minimum atomic E-state index is -1.09. The number of likely N-dealkylation sites (tertiary alicyclic amines) is 1. The highest BCUT2D eigenvalue weighted by atomic mass is 16.5. The van der Waals surface area contributed by atoms with E-state index in [4.69, 9.17) is 10.5 Å². The molecule has 0 spiro atoms. The van der Waals surface area contributed by atoms with Gasteiger partial charge in [0.1, 0.15) is 0 Å². The monoisotopic (exact) mass is 276 g/mol. The fourth-order valence-electron chi connectivity index (χ4n) is 2.97. The Hall–Kier alpha value is -1.39. The molecule has 2 atom stereocenters. The Morgan fingerprint density at radius 1 is 1.45 bits per heavy atom. The highest BCUT2D eigenvalue weighted by Gasteiger charge is 2.39. The van der Waals surface area contributed by atoms with Crippen molar-refractivity contribution in [1.29, 1.82) is 0 Å². The van der Waals surface area contributed by atoms with Crippen LogP contribution in [-0.4, -0.2) is 37.6 Å². The number of hydrogen-bond acceptors (Lipinski definition) is 4. The normalized spacial score (nSPS) is 23.1. The van der Waals surface area contributed by atoms with Crippen LogP contribution < -0.4 is 5.73 Å². The van der Waals surface area contributed by atoms with Crippen molar-refractivity contribution in [2.75, 3.05) is 26.7 Å². The van der Waals surface area contributed by atoms with Gasteiger partial charge in [0.05, 0.1) is 7.11 Å². The van der Waals surface area contributed by atoms with Gasteiger partial charge in [-0.3, -0.25) is 0 Å². The molecular weight excluding hydrogens is 252 g/mol. The lowest BCUT2D eigenvalue weighted by Crippen LogP contribution is -2.55. The molecular formula is C16H24N2O2. The predicted molar refractivity (Wildman–Crippen MR) is 79.2 cm³/mol. The van der Waals surface area contributed by atoms with E-state index in [1.165, 1.54) is 13.5 Å². The largest absolute Gasteiger partial charge is 0.467 e. The van der Waals surface area contributed by atoms with Crippen LogP contribution in [0, 0.1) is 5.92 Å².